The van der Waals surface area contributed by atoms with Crippen molar-refractivity contribution in [2.24, 2.45) is 0 Å². The van der Waals surface area contributed by atoms with E-state index in [0.717, 1.165) is 4.90 Å². The normalized spacial score (nSPS) is 16.8. The van der Waals surface area contributed by atoms with Gasteiger partial charge in [0.05, 0.1) is 24.8 Å². The first-order valence-electron chi connectivity index (χ1n) is 10.1. The Morgan fingerprint density at radius 1 is 1.12 bits per heavy atom. The number of urea groups is 2. The number of hydrogen-bond acceptors (Lipinski definition) is 6. The number of rotatable bonds is 6. The summed E-state index contributed by atoms with van der Waals surface area (Å²) < 4.78 is 10.5. The van der Waals surface area contributed by atoms with Crippen LogP contribution in [-0.2, 0) is 4.79 Å². The predicted molar refractivity (Wildman–Crippen MR) is 113 cm³/mol. The van der Waals surface area contributed by atoms with Gasteiger partial charge in [-0.25, -0.2) is 14.5 Å². The minimum atomic E-state index is -1.19. The predicted octanol–water partition coefficient (Wildman–Crippen LogP) is 1.49. The smallest absolute Gasteiger partial charge is 0.328 e. The van der Waals surface area contributed by atoms with Gasteiger partial charge in [-0.1, -0.05) is 11.6 Å². The van der Waals surface area contributed by atoms with Crippen LogP contribution in [0.4, 0.5) is 9.59 Å². The fourth-order valence-electron chi connectivity index (χ4n) is 3.93. The number of likely N-dealkylation sites (tertiary alicyclic amines) is 1. The third-order valence-corrected chi connectivity index (χ3v) is 5.96. The second-order valence-electron chi connectivity index (χ2n) is 7.37. The lowest BCUT2D eigenvalue weighted by atomic mass is 10.0. The zero-order valence-corrected chi connectivity index (χ0v) is 18.6. The molecule has 0 radical (unpaired) electrons. The minimum Gasteiger partial charge on any atom is -0.493 e. The quantitative estimate of drug-likeness (QED) is 0.647. The molecule has 5 amide bonds. The standard InChI is InChI=1S/C20H25ClN4O7/c1-31-14-4-3-13(16(21)17(14)32-2)18(28)23-7-5-12(6-8-23)24-9-10-25(20(24)30)19(29)22-11-15(26)27/h3-4,12H,5-11H2,1-2H3,(H,22,29)(H,26,27). The van der Waals surface area contributed by atoms with Gasteiger partial charge in [-0.05, 0) is 25.0 Å². The molecule has 1 aromatic rings. The van der Waals surface area contributed by atoms with Gasteiger partial charge in [-0.15, -0.1) is 0 Å². The number of hydrogen-bond donors (Lipinski definition) is 2. The molecule has 2 aliphatic rings. The molecule has 1 aromatic carbocycles. The van der Waals surface area contributed by atoms with Crippen LogP contribution in [0.15, 0.2) is 12.1 Å². The number of ether oxygens (including phenoxy) is 2. The molecule has 0 bridgehead atoms. The van der Waals surface area contributed by atoms with Gasteiger partial charge in [0.15, 0.2) is 11.5 Å². The van der Waals surface area contributed by atoms with E-state index in [-0.39, 0.29) is 23.5 Å². The van der Waals surface area contributed by atoms with Gasteiger partial charge in [0, 0.05) is 32.2 Å². The lowest BCUT2D eigenvalue weighted by molar-refractivity contribution is -0.135. The number of carboxylic acids is 1. The molecule has 11 nitrogen and oxygen atoms in total. The van der Waals surface area contributed by atoms with Gasteiger partial charge in [-0.2, -0.15) is 0 Å². The van der Waals surface area contributed by atoms with Gasteiger partial charge < -0.3 is 29.7 Å². The number of carbonyl (C=O) groups excluding carboxylic acids is 3. The summed E-state index contributed by atoms with van der Waals surface area (Å²) in [5.74, 6) is -0.707. The molecule has 0 aromatic heterocycles. The topological polar surface area (TPSA) is 129 Å². The van der Waals surface area contributed by atoms with Crippen LogP contribution in [0.25, 0.3) is 0 Å². The fraction of sp³-hybridized carbons (Fsp3) is 0.500. The highest BCUT2D eigenvalue weighted by Gasteiger charge is 2.39. The van der Waals surface area contributed by atoms with Crippen LogP contribution in [0.2, 0.25) is 5.02 Å². The highest BCUT2D eigenvalue weighted by molar-refractivity contribution is 6.35. The van der Waals surface area contributed by atoms with Crippen LogP contribution < -0.4 is 14.8 Å². The van der Waals surface area contributed by atoms with E-state index in [1.807, 2.05) is 0 Å². The summed E-state index contributed by atoms with van der Waals surface area (Å²) in [6.07, 6.45) is 1.10. The second-order valence-corrected chi connectivity index (χ2v) is 7.74. The van der Waals surface area contributed by atoms with Crippen molar-refractivity contribution in [3.05, 3.63) is 22.7 Å². The Morgan fingerprint density at radius 3 is 2.41 bits per heavy atom. The second kappa shape index (κ2) is 9.94. The number of halogens is 1. The number of carboxylic acid groups (broad SMARTS) is 1. The first kappa shape index (κ1) is 23.5. The molecule has 174 valence electrons. The zero-order valence-electron chi connectivity index (χ0n) is 17.8. The summed E-state index contributed by atoms with van der Waals surface area (Å²) in [5.41, 5.74) is 0.307. The first-order chi connectivity index (χ1) is 15.3. The van der Waals surface area contributed by atoms with E-state index in [9.17, 15) is 19.2 Å². The molecule has 0 unspecified atom stereocenters. The van der Waals surface area contributed by atoms with Crippen LogP contribution in [0.3, 0.4) is 0 Å². The van der Waals surface area contributed by atoms with Crippen LogP contribution in [0.1, 0.15) is 23.2 Å². The minimum absolute atomic E-state index is 0.121. The number of carbonyl (C=O) groups is 4. The third kappa shape index (κ3) is 4.67. The number of nitrogens with zero attached hydrogens (tertiary/aromatic N) is 3. The molecule has 32 heavy (non-hydrogen) atoms. The monoisotopic (exact) mass is 468 g/mol. The maximum Gasteiger partial charge on any atom is 0.328 e. The molecule has 12 heteroatoms. The van der Waals surface area contributed by atoms with Gasteiger partial charge in [-0.3, -0.25) is 9.59 Å². The van der Waals surface area contributed by atoms with Gasteiger partial charge >= 0.3 is 18.0 Å². The van der Waals surface area contributed by atoms with Crippen molar-refractivity contribution < 1.29 is 33.8 Å². The molecular formula is C20H25ClN4O7. The van der Waals surface area contributed by atoms with Crippen molar-refractivity contribution in [2.75, 3.05) is 46.9 Å². The van der Waals surface area contributed by atoms with Crippen LogP contribution in [-0.4, -0.2) is 96.7 Å². The molecule has 2 fully saturated rings. The van der Waals surface area contributed by atoms with E-state index in [1.165, 1.54) is 14.2 Å². The van der Waals surface area contributed by atoms with Gasteiger partial charge in [0.2, 0.25) is 0 Å². The number of amides is 5. The Hall–Kier alpha value is -3.21. The summed E-state index contributed by atoms with van der Waals surface area (Å²) in [4.78, 5) is 52.5. The Bertz CT molecular complexity index is 917. The van der Waals surface area contributed by atoms with Crippen molar-refractivity contribution in [1.82, 2.24) is 20.0 Å². The molecular weight excluding hydrogens is 444 g/mol. The van der Waals surface area contributed by atoms with Crippen molar-refractivity contribution in [3.63, 3.8) is 0 Å². The number of imide groups is 1. The molecule has 2 N–H and O–H groups in total. The van der Waals surface area contributed by atoms with E-state index < -0.39 is 24.6 Å². The largest absolute Gasteiger partial charge is 0.493 e. The van der Waals surface area contributed by atoms with E-state index in [2.05, 4.69) is 5.32 Å². The SMILES string of the molecule is COc1ccc(C(=O)N2CCC(N3CCN(C(=O)NCC(=O)O)C3=O)CC2)c(Cl)c1OC. The zero-order chi connectivity index (χ0) is 23.4. The van der Waals surface area contributed by atoms with Crippen LogP contribution in [0, 0.1) is 0 Å². The van der Waals surface area contributed by atoms with Crippen molar-refractivity contribution in [2.45, 2.75) is 18.9 Å². The van der Waals surface area contributed by atoms with E-state index in [0.29, 0.717) is 49.5 Å². The van der Waals surface area contributed by atoms with Crippen molar-refractivity contribution >= 4 is 35.5 Å². The molecule has 2 saturated heterocycles. The van der Waals surface area contributed by atoms with Crippen molar-refractivity contribution in [3.8, 4) is 11.5 Å². The first-order valence-corrected chi connectivity index (χ1v) is 10.4. The Morgan fingerprint density at radius 2 is 1.81 bits per heavy atom. The number of benzene rings is 1. The Labute approximate surface area is 189 Å². The van der Waals surface area contributed by atoms with E-state index in [1.54, 1.807) is 21.9 Å². The molecule has 2 aliphatic heterocycles. The van der Waals surface area contributed by atoms with Crippen LogP contribution >= 0.6 is 11.6 Å². The van der Waals surface area contributed by atoms with Crippen LogP contribution in [0.5, 0.6) is 11.5 Å². The summed E-state index contributed by atoms with van der Waals surface area (Å²) in [5, 5.41) is 11.0. The number of nitrogens with one attached hydrogen (secondary N) is 1. The third-order valence-electron chi connectivity index (χ3n) is 5.59. The Kier molecular flexibility index (Phi) is 7.29. The molecule has 0 aliphatic carbocycles. The molecule has 0 atom stereocenters. The fourth-order valence-corrected chi connectivity index (χ4v) is 4.25. The summed E-state index contributed by atoms with van der Waals surface area (Å²) in [6, 6.07) is 1.91. The molecule has 2 heterocycles. The van der Waals surface area contributed by atoms with E-state index >= 15 is 0 Å². The molecule has 0 spiro atoms. The summed E-state index contributed by atoms with van der Waals surface area (Å²) in [7, 11) is 2.93. The lowest BCUT2D eigenvalue weighted by Crippen LogP contribution is -2.49. The summed E-state index contributed by atoms with van der Waals surface area (Å²) >= 11 is 6.36. The average molecular weight is 469 g/mol. The maximum atomic E-state index is 13.0. The van der Waals surface area contributed by atoms with Gasteiger partial charge in [0.1, 0.15) is 6.54 Å². The molecule has 3 rings (SSSR count). The highest BCUT2D eigenvalue weighted by Crippen LogP contribution is 2.38. The van der Waals surface area contributed by atoms with Gasteiger partial charge in [0.25, 0.3) is 5.91 Å². The summed E-state index contributed by atoms with van der Waals surface area (Å²) in [6.45, 7) is 0.832. The Balaban J connectivity index is 1.60. The molecule has 0 saturated carbocycles. The number of piperidine rings is 1. The number of methoxy groups -OCH3 is 2. The number of aliphatic carboxylic acids is 1. The average Bonchev–Trinajstić information content (AvgIpc) is 3.18. The van der Waals surface area contributed by atoms with Crippen molar-refractivity contribution in [1.29, 1.82) is 0 Å². The maximum absolute atomic E-state index is 13.0. The lowest BCUT2D eigenvalue weighted by Gasteiger charge is -2.36. The van der Waals surface area contributed by atoms with E-state index in [4.69, 9.17) is 26.2 Å². The highest BCUT2D eigenvalue weighted by atomic mass is 35.5.